The monoisotopic (exact) mass is 274 g/mol. The number of aromatic nitrogens is 3. The molecule has 0 saturated heterocycles. The number of H-pyrrole nitrogens is 1. The minimum absolute atomic E-state index is 0.0589. The van der Waals surface area contributed by atoms with Crippen LogP contribution in [0.2, 0.25) is 0 Å². The Balaban J connectivity index is 1.79. The minimum atomic E-state index is -0.0626. The lowest BCUT2D eigenvalue weighted by atomic mass is 10.3. The Labute approximate surface area is 117 Å². The maximum atomic E-state index is 12.6. The van der Waals surface area contributed by atoms with Crippen molar-refractivity contribution in [3.63, 3.8) is 0 Å². The van der Waals surface area contributed by atoms with E-state index in [1.807, 2.05) is 22.9 Å². The molecule has 3 rings (SSSR count). The standard InChI is InChI=1S/C14H18N4O2/c19-9-8-17(10-13-15-5-6-16-13)14(20)12-2-1-7-18(12)11-3-4-11/h1-2,5-7,11,19H,3-4,8-10H2,(H,15,16). The number of hydrogen-bond acceptors (Lipinski definition) is 3. The Morgan fingerprint density at radius 2 is 2.40 bits per heavy atom. The molecule has 0 aliphatic heterocycles. The number of nitrogens with zero attached hydrogens (tertiary/aromatic N) is 3. The summed E-state index contributed by atoms with van der Waals surface area (Å²) < 4.78 is 2.04. The van der Waals surface area contributed by atoms with Gasteiger partial charge in [0.2, 0.25) is 0 Å². The molecular formula is C14H18N4O2. The third kappa shape index (κ3) is 2.60. The molecule has 2 N–H and O–H groups in total. The van der Waals surface area contributed by atoms with E-state index in [4.69, 9.17) is 0 Å². The van der Waals surface area contributed by atoms with Crippen molar-refractivity contribution in [1.29, 1.82) is 0 Å². The van der Waals surface area contributed by atoms with Crippen LogP contribution in [0.25, 0.3) is 0 Å². The summed E-state index contributed by atoms with van der Waals surface area (Å²) in [6, 6.07) is 4.20. The molecule has 0 bridgehead atoms. The van der Waals surface area contributed by atoms with Crippen LogP contribution in [0.1, 0.15) is 35.2 Å². The molecule has 1 amide bonds. The second kappa shape index (κ2) is 5.50. The average molecular weight is 274 g/mol. The smallest absolute Gasteiger partial charge is 0.270 e. The van der Waals surface area contributed by atoms with E-state index in [9.17, 15) is 9.90 Å². The second-order valence-corrected chi connectivity index (χ2v) is 5.02. The number of aromatic amines is 1. The van der Waals surface area contributed by atoms with Gasteiger partial charge in [-0.3, -0.25) is 4.79 Å². The molecule has 0 spiro atoms. The molecule has 2 heterocycles. The highest BCUT2D eigenvalue weighted by atomic mass is 16.3. The van der Waals surface area contributed by atoms with Gasteiger partial charge in [-0.2, -0.15) is 0 Å². The zero-order chi connectivity index (χ0) is 13.9. The third-order valence-electron chi connectivity index (χ3n) is 3.49. The molecule has 6 heteroatoms. The van der Waals surface area contributed by atoms with Gasteiger partial charge in [0, 0.05) is 31.2 Å². The second-order valence-electron chi connectivity index (χ2n) is 5.02. The van der Waals surface area contributed by atoms with Gasteiger partial charge in [0.1, 0.15) is 11.5 Å². The van der Waals surface area contributed by atoms with Crippen LogP contribution in [-0.4, -0.2) is 43.6 Å². The Kier molecular flexibility index (Phi) is 3.56. The maximum Gasteiger partial charge on any atom is 0.270 e. The van der Waals surface area contributed by atoms with Crippen molar-refractivity contribution in [2.45, 2.75) is 25.4 Å². The van der Waals surface area contributed by atoms with E-state index >= 15 is 0 Å². The summed E-state index contributed by atoms with van der Waals surface area (Å²) in [4.78, 5) is 21.4. The molecule has 6 nitrogen and oxygen atoms in total. The summed E-state index contributed by atoms with van der Waals surface area (Å²) in [5.74, 6) is 0.656. The predicted molar refractivity (Wildman–Crippen MR) is 73.1 cm³/mol. The number of carbonyl (C=O) groups is 1. The topological polar surface area (TPSA) is 74.2 Å². The maximum absolute atomic E-state index is 12.6. The van der Waals surface area contributed by atoms with E-state index < -0.39 is 0 Å². The van der Waals surface area contributed by atoms with Crippen molar-refractivity contribution in [3.05, 3.63) is 42.2 Å². The van der Waals surface area contributed by atoms with E-state index in [0.29, 0.717) is 24.8 Å². The molecule has 106 valence electrons. The van der Waals surface area contributed by atoms with Crippen molar-refractivity contribution in [2.24, 2.45) is 0 Å². The van der Waals surface area contributed by atoms with Gasteiger partial charge in [0.05, 0.1) is 13.2 Å². The lowest BCUT2D eigenvalue weighted by Crippen LogP contribution is -2.34. The van der Waals surface area contributed by atoms with Crippen LogP contribution in [0.5, 0.6) is 0 Å². The molecule has 1 aliphatic rings. The molecule has 1 fully saturated rings. The highest BCUT2D eigenvalue weighted by Crippen LogP contribution is 2.36. The van der Waals surface area contributed by atoms with Crippen molar-refractivity contribution in [1.82, 2.24) is 19.4 Å². The number of imidazole rings is 1. The quantitative estimate of drug-likeness (QED) is 0.830. The first kappa shape index (κ1) is 12.9. The zero-order valence-electron chi connectivity index (χ0n) is 11.2. The molecule has 0 unspecified atom stereocenters. The summed E-state index contributed by atoms with van der Waals surface area (Å²) in [7, 11) is 0. The van der Waals surface area contributed by atoms with Gasteiger partial charge < -0.3 is 19.6 Å². The Hall–Kier alpha value is -2.08. The summed E-state index contributed by atoms with van der Waals surface area (Å²) in [5.41, 5.74) is 0.688. The number of rotatable bonds is 6. The van der Waals surface area contributed by atoms with E-state index in [2.05, 4.69) is 9.97 Å². The lowest BCUT2D eigenvalue weighted by molar-refractivity contribution is 0.0692. The van der Waals surface area contributed by atoms with Crippen molar-refractivity contribution in [2.75, 3.05) is 13.2 Å². The number of aliphatic hydroxyl groups excluding tert-OH is 1. The van der Waals surface area contributed by atoms with Crippen LogP contribution in [0.3, 0.4) is 0 Å². The van der Waals surface area contributed by atoms with Gasteiger partial charge >= 0.3 is 0 Å². The van der Waals surface area contributed by atoms with Crippen LogP contribution in [0.4, 0.5) is 0 Å². The van der Waals surface area contributed by atoms with Crippen LogP contribution < -0.4 is 0 Å². The number of hydrogen-bond donors (Lipinski definition) is 2. The van der Waals surface area contributed by atoms with Crippen LogP contribution in [-0.2, 0) is 6.54 Å². The molecule has 1 aliphatic carbocycles. The fraction of sp³-hybridized carbons (Fsp3) is 0.429. The number of carbonyl (C=O) groups excluding carboxylic acids is 1. The van der Waals surface area contributed by atoms with Gasteiger partial charge in [-0.25, -0.2) is 4.98 Å². The predicted octanol–water partition coefficient (Wildman–Crippen LogP) is 1.18. The normalized spacial score (nSPS) is 14.4. The van der Waals surface area contributed by atoms with Crippen molar-refractivity contribution >= 4 is 5.91 Å². The van der Waals surface area contributed by atoms with Gasteiger partial charge in [-0.1, -0.05) is 0 Å². The Bertz CT molecular complexity index is 572. The van der Waals surface area contributed by atoms with Gasteiger partial charge in [0.25, 0.3) is 5.91 Å². The van der Waals surface area contributed by atoms with Crippen LogP contribution in [0.15, 0.2) is 30.7 Å². The summed E-state index contributed by atoms with van der Waals surface area (Å²) in [6.07, 6.45) is 7.60. The van der Waals surface area contributed by atoms with Gasteiger partial charge in [-0.15, -0.1) is 0 Å². The largest absolute Gasteiger partial charge is 0.395 e. The Morgan fingerprint density at radius 3 is 3.05 bits per heavy atom. The summed E-state index contributed by atoms with van der Waals surface area (Å²) in [6.45, 7) is 0.619. The molecule has 2 aromatic heterocycles. The number of aliphatic hydroxyl groups is 1. The molecule has 1 saturated carbocycles. The zero-order valence-corrected chi connectivity index (χ0v) is 11.2. The van der Waals surface area contributed by atoms with E-state index in [0.717, 1.165) is 18.7 Å². The number of amides is 1. The molecule has 0 radical (unpaired) electrons. The number of nitrogens with one attached hydrogen (secondary N) is 1. The summed E-state index contributed by atoms with van der Waals surface area (Å²) >= 11 is 0. The van der Waals surface area contributed by atoms with Crippen LogP contribution >= 0.6 is 0 Å². The van der Waals surface area contributed by atoms with Crippen molar-refractivity contribution in [3.8, 4) is 0 Å². The molecule has 0 aromatic carbocycles. The molecule has 0 atom stereocenters. The fourth-order valence-electron chi connectivity index (χ4n) is 2.35. The first-order valence-electron chi connectivity index (χ1n) is 6.85. The average Bonchev–Trinajstić information content (AvgIpc) is 2.97. The van der Waals surface area contributed by atoms with Gasteiger partial charge in [0.15, 0.2) is 0 Å². The van der Waals surface area contributed by atoms with Crippen LogP contribution in [0, 0.1) is 0 Å². The SMILES string of the molecule is O=C(c1cccn1C1CC1)N(CCO)Cc1ncc[nH]1. The van der Waals surface area contributed by atoms with E-state index in [1.54, 1.807) is 17.3 Å². The molecule has 2 aromatic rings. The third-order valence-corrected chi connectivity index (χ3v) is 3.49. The van der Waals surface area contributed by atoms with E-state index in [-0.39, 0.29) is 12.5 Å². The molecule has 20 heavy (non-hydrogen) atoms. The summed E-state index contributed by atoms with van der Waals surface area (Å²) in [5, 5.41) is 9.17. The minimum Gasteiger partial charge on any atom is -0.395 e. The van der Waals surface area contributed by atoms with E-state index in [1.165, 1.54) is 0 Å². The lowest BCUT2D eigenvalue weighted by Gasteiger charge is -2.21. The van der Waals surface area contributed by atoms with Crippen molar-refractivity contribution < 1.29 is 9.90 Å². The van der Waals surface area contributed by atoms with Gasteiger partial charge in [-0.05, 0) is 25.0 Å². The first-order valence-corrected chi connectivity index (χ1v) is 6.85. The highest BCUT2D eigenvalue weighted by molar-refractivity contribution is 5.92. The fourth-order valence-corrected chi connectivity index (χ4v) is 2.35. The Morgan fingerprint density at radius 1 is 1.55 bits per heavy atom. The molecular weight excluding hydrogens is 256 g/mol. The first-order chi connectivity index (χ1) is 9.79. The highest BCUT2D eigenvalue weighted by Gasteiger charge is 2.28.